The van der Waals surface area contributed by atoms with E-state index in [4.69, 9.17) is 0 Å². The molecule has 1 heterocycles. The zero-order chi connectivity index (χ0) is 15.2. The maximum atomic E-state index is 9.55. The third kappa shape index (κ3) is 5.10. The number of aliphatic hydroxyl groups excluding tert-OH is 1. The van der Waals surface area contributed by atoms with Gasteiger partial charge in [0.25, 0.3) is 0 Å². The third-order valence-electron chi connectivity index (χ3n) is 4.61. The van der Waals surface area contributed by atoms with Gasteiger partial charge in [0.2, 0.25) is 0 Å². The molecule has 0 radical (unpaired) electrons. The maximum Gasteiger partial charge on any atom is 0.0639 e. The zero-order valence-electron chi connectivity index (χ0n) is 13.7. The van der Waals surface area contributed by atoms with Crippen LogP contribution in [0.4, 0.5) is 0 Å². The van der Waals surface area contributed by atoms with E-state index in [1.54, 1.807) is 0 Å². The average Bonchev–Trinajstić information content (AvgIpc) is 2.47. The molecule has 0 aromatic heterocycles. The number of hydrogen-bond acceptors (Lipinski definition) is 3. The minimum atomic E-state index is -0.227. The molecule has 1 aliphatic heterocycles. The monoisotopic (exact) mass is 290 g/mol. The van der Waals surface area contributed by atoms with Gasteiger partial charge in [-0.1, -0.05) is 30.3 Å². The van der Waals surface area contributed by atoms with Crippen LogP contribution in [0.1, 0.15) is 32.8 Å². The molecule has 1 aromatic carbocycles. The topological polar surface area (TPSA) is 26.7 Å². The Kier molecular flexibility index (Phi) is 6.22. The van der Waals surface area contributed by atoms with Crippen LogP contribution in [0.5, 0.6) is 0 Å². The van der Waals surface area contributed by atoms with E-state index in [0.717, 1.165) is 32.6 Å². The molecule has 21 heavy (non-hydrogen) atoms. The SMILES string of the molecule is CC(O)CN1CCN(C(C)CCc2ccccc2)CC1C. The fraction of sp³-hybridized carbons (Fsp3) is 0.667. The fourth-order valence-electron chi connectivity index (χ4n) is 3.24. The summed E-state index contributed by atoms with van der Waals surface area (Å²) in [7, 11) is 0. The minimum Gasteiger partial charge on any atom is -0.392 e. The summed E-state index contributed by atoms with van der Waals surface area (Å²) in [6.07, 6.45) is 2.15. The predicted octanol–water partition coefficient (Wildman–Crippen LogP) is 2.39. The molecular weight excluding hydrogens is 260 g/mol. The number of hydrogen-bond donors (Lipinski definition) is 1. The number of aliphatic hydroxyl groups is 1. The molecule has 2 rings (SSSR count). The number of β-amino-alcohol motifs (C(OH)–C–C–N with tert-alkyl or cyclic N) is 1. The van der Waals surface area contributed by atoms with E-state index >= 15 is 0 Å². The third-order valence-corrected chi connectivity index (χ3v) is 4.61. The first-order valence-electron chi connectivity index (χ1n) is 8.26. The van der Waals surface area contributed by atoms with Gasteiger partial charge in [-0.15, -0.1) is 0 Å². The molecule has 1 aliphatic rings. The Morgan fingerprint density at radius 3 is 2.52 bits per heavy atom. The Balaban J connectivity index is 1.78. The molecule has 3 nitrogen and oxygen atoms in total. The number of nitrogens with zero attached hydrogens (tertiary/aromatic N) is 2. The Morgan fingerprint density at radius 2 is 1.90 bits per heavy atom. The number of piperazine rings is 1. The van der Waals surface area contributed by atoms with Crippen LogP contribution in [0.3, 0.4) is 0 Å². The minimum absolute atomic E-state index is 0.227. The molecule has 0 saturated carbocycles. The summed E-state index contributed by atoms with van der Waals surface area (Å²) in [5, 5.41) is 9.55. The van der Waals surface area contributed by atoms with Crippen molar-refractivity contribution in [3.63, 3.8) is 0 Å². The van der Waals surface area contributed by atoms with Gasteiger partial charge >= 0.3 is 0 Å². The van der Waals surface area contributed by atoms with Crippen LogP contribution in [0.15, 0.2) is 30.3 Å². The van der Waals surface area contributed by atoms with Crippen LogP contribution in [0, 0.1) is 0 Å². The number of aryl methyl sites for hydroxylation is 1. The summed E-state index contributed by atoms with van der Waals surface area (Å²) in [4.78, 5) is 5.01. The Bertz CT molecular complexity index is 407. The molecule has 118 valence electrons. The highest BCUT2D eigenvalue weighted by atomic mass is 16.3. The lowest BCUT2D eigenvalue weighted by molar-refractivity contribution is 0.0293. The summed E-state index contributed by atoms with van der Waals surface area (Å²) < 4.78 is 0. The molecular formula is C18H30N2O. The second-order valence-electron chi connectivity index (χ2n) is 6.56. The Labute approximate surface area is 129 Å². The van der Waals surface area contributed by atoms with Crippen LogP contribution in [0.25, 0.3) is 0 Å². The van der Waals surface area contributed by atoms with Crippen molar-refractivity contribution in [2.75, 3.05) is 26.2 Å². The van der Waals surface area contributed by atoms with Crippen LogP contribution >= 0.6 is 0 Å². The molecule has 0 spiro atoms. The lowest BCUT2D eigenvalue weighted by atomic mass is 10.0. The van der Waals surface area contributed by atoms with Gasteiger partial charge in [-0.3, -0.25) is 9.80 Å². The molecule has 3 heteroatoms. The summed E-state index contributed by atoms with van der Waals surface area (Å²) in [6.45, 7) is 10.6. The molecule has 0 amide bonds. The van der Waals surface area contributed by atoms with E-state index in [2.05, 4.69) is 54.0 Å². The second kappa shape index (κ2) is 7.92. The van der Waals surface area contributed by atoms with E-state index < -0.39 is 0 Å². The van der Waals surface area contributed by atoms with Crippen LogP contribution in [-0.2, 0) is 6.42 Å². The molecule has 1 aromatic rings. The lowest BCUT2D eigenvalue weighted by Gasteiger charge is -2.43. The normalized spacial score (nSPS) is 23.9. The molecule has 3 unspecified atom stereocenters. The van der Waals surface area contributed by atoms with Crippen LogP contribution < -0.4 is 0 Å². The van der Waals surface area contributed by atoms with E-state index in [0.29, 0.717) is 12.1 Å². The van der Waals surface area contributed by atoms with Crippen molar-refractivity contribution >= 4 is 0 Å². The van der Waals surface area contributed by atoms with Gasteiger partial charge in [0, 0.05) is 38.3 Å². The standard InChI is InChI=1S/C18H30N2O/c1-15(9-10-18-7-5-4-6-8-18)19-11-12-20(14-17(3)21)16(2)13-19/h4-8,15-17,21H,9-14H2,1-3H3. The molecule has 1 saturated heterocycles. The maximum absolute atomic E-state index is 9.55. The molecule has 3 atom stereocenters. The van der Waals surface area contributed by atoms with E-state index in [1.165, 1.54) is 12.0 Å². The Hall–Kier alpha value is -0.900. The van der Waals surface area contributed by atoms with Crippen LogP contribution in [0.2, 0.25) is 0 Å². The average molecular weight is 290 g/mol. The van der Waals surface area contributed by atoms with Gasteiger partial charge < -0.3 is 5.11 Å². The van der Waals surface area contributed by atoms with Crippen molar-refractivity contribution in [2.45, 2.75) is 51.8 Å². The van der Waals surface area contributed by atoms with Gasteiger partial charge in [0.15, 0.2) is 0 Å². The summed E-state index contributed by atoms with van der Waals surface area (Å²) in [5.41, 5.74) is 1.44. The lowest BCUT2D eigenvalue weighted by Crippen LogP contribution is -2.55. The quantitative estimate of drug-likeness (QED) is 0.871. The number of rotatable bonds is 6. The first-order chi connectivity index (χ1) is 10.1. The van der Waals surface area contributed by atoms with Crippen molar-refractivity contribution in [3.05, 3.63) is 35.9 Å². The smallest absolute Gasteiger partial charge is 0.0639 e. The van der Waals surface area contributed by atoms with Gasteiger partial charge in [-0.05, 0) is 39.2 Å². The fourth-order valence-corrected chi connectivity index (χ4v) is 3.24. The van der Waals surface area contributed by atoms with Crippen LogP contribution in [-0.4, -0.2) is 59.3 Å². The zero-order valence-corrected chi connectivity index (χ0v) is 13.7. The molecule has 1 fully saturated rings. The van der Waals surface area contributed by atoms with Gasteiger partial charge in [-0.2, -0.15) is 0 Å². The summed E-state index contributed by atoms with van der Waals surface area (Å²) in [5.74, 6) is 0. The van der Waals surface area contributed by atoms with Crippen molar-refractivity contribution in [2.24, 2.45) is 0 Å². The van der Waals surface area contributed by atoms with E-state index in [1.807, 2.05) is 6.92 Å². The number of benzene rings is 1. The summed E-state index contributed by atoms with van der Waals surface area (Å²) in [6, 6.07) is 11.9. The van der Waals surface area contributed by atoms with Crippen molar-refractivity contribution in [1.29, 1.82) is 0 Å². The van der Waals surface area contributed by atoms with Crippen molar-refractivity contribution in [3.8, 4) is 0 Å². The molecule has 0 aliphatic carbocycles. The molecule has 0 bridgehead atoms. The van der Waals surface area contributed by atoms with Gasteiger partial charge in [-0.25, -0.2) is 0 Å². The first kappa shape index (κ1) is 16.5. The largest absolute Gasteiger partial charge is 0.392 e. The Morgan fingerprint density at radius 1 is 1.19 bits per heavy atom. The predicted molar refractivity (Wildman–Crippen MR) is 88.5 cm³/mol. The highest BCUT2D eigenvalue weighted by Gasteiger charge is 2.26. The van der Waals surface area contributed by atoms with Crippen molar-refractivity contribution in [1.82, 2.24) is 9.80 Å². The highest BCUT2D eigenvalue weighted by Crippen LogP contribution is 2.16. The van der Waals surface area contributed by atoms with E-state index in [-0.39, 0.29) is 6.10 Å². The van der Waals surface area contributed by atoms with Gasteiger partial charge in [0.1, 0.15) is 0 Å². The second-order valence-corrected chi connectivity index (χ2v) is 6.56. The van der Waals surface area contributed by atoms with Gasteiger partial charge in [0.05, 0.1) is 6.10 Å². The first-order valence-corrected chi connectivity index (χ1v) is 8.26. The van der Waals surface area contributed by atoms with Crippen molar-refractivity contribution < 1.29 is 5.11 Å². The molecule has 1 N–H and O–H groups in total. The summed E-state index contributed by atoms with van der Waals surface area (Å²) >= 11 is 0. The van der Waals surface area contributed by atoms with E-state index in [9.17, 15) is 5.11 Å². The highest BCUT2D eigenvalue weighted by molar-refractivity contribution is 5.14.